The van der Waals surface area contributed by atoms with Crippen LogP contribution in [0.25, 0.3) is 0 Å². The lowest BCUT2D eigenvalue weighted by atomic mass is 9.89. The molecule has 0 aliphatic heterocycles. The second-order valence-corrected chi connectivity index (χ2v) is 11.2. The first-order valence-corrected chi connectivity index (χ1v) is 13.9. The summed E-state index contributed by atoms with van der Waals surface area (Å²) in [4.78, 5) is 1.97. The number of hydrogen-bond donors (Lipinski definition) is 1. The zero-order valence-corrected chi connectivity index (χ0v) is 21.7. The van der Waals surface area contributed by atoms with Crippen molar-refractivity contribution in [3.05, 3.63) is 108 Å². The molecule has 3 rings (SSSR count). The smallest absolute Gasteiger partial charge is 0.264 e. The van der Waals surface area contributed by atoms with E-state index in [1.807, 2.05) is 110 Å². The molecule has 3 aromatic rings. The van der Waals surface area contributed by atoms with E-state index in [1.165, 1.54) is 0 Å². The lowest BCUT2D eigenvalue weighted by Crippen LogP contribution is -2.58. The first kappa shape index (κ1) is 27.1. The average molecular weight is 496 g/mol. The number of aliphatic hydroxyl groups is 1. The Morgan fingerprint density at radius 2 is 1.23 bits per heavy atom. The van der Waals surface area contributed by atoms with E-state index >= 15 is 0 Å². The van der Waals surface area contributed by atoms with Gasteiger partial charge >= 0.3 is 0 Å². The van der Waals surface area contributed by atoms with Gasteiger partial charge in [-0.05, 0) is 41.9 Å². The van der Waals surface area contributed by atoms with Gasteiger partial charge in [0, 0.05) is 13.1 Å². The Morgan fingerprint density at radius 1 is 0.800 bits per heavy atom. The molecule has 1 N–H and O–H groups in total. The minimum absolute atomic E-state index is 0.125. The third-order valence-electron chi connectivity index (χ3n) is 6.10. The molecule has 0 aliphatic rings. The fourth-order valence-electron chi connectivity index (χ4n) is 4.38. The Labute approximate surface area is 210 Å². The number of hydrogen-bond acceptors (Lipinski definition) is 5. The summed E-state index contributed by atoms with van der Waals surface area (Å²) >= 11 is 0. The van der Waals surface area contributed by atoms with Crippen LogP contribution in [0.4, 0.5) is 0 Å². The molecular formula is C29H37NO4S. The molecule has 0 spiro atoms. The zero-order valence-electron chi connectivity index (χ0n) is 20.9. The summed E-state index contributed by atoms with van der Waals surface area (Å²) in [7, 11) is -3.80. The predicted molar refractivity (Wildman–Crippen MR) is 141 cm³/mol. The van der Waals surface area contributed by atoms with Gasteiger partial charge in [0.1, 0.15) is 11.8 Å². The van der Waals surface area contributed by atoms with Crippen LogP contribution in [-0.4, -0.2) is 36.5 Å². The molecular weight excluding hydrogens is 458 g/mol. The molecule has 0 heterocycles. The highest BCUT2D eigenvalue weighted by atomic mass is 32.2. The normalized spacial score (nSPS) is 14.7. The minimum atomic E-state index is -3.80. The molecule has 35 heavy (non-hydrogen) atoms. The van der Waals surface area contributed by atoms with Gasteiger partial charge in [-0.25, -0.2) is 0 Å². The standard InChI is InChI=1S/C29H37NO4S/c1-24(2)21-28(34-35(3,32)33)29(31,20-19-25-13-7-4-8-14-25)30(22-26-15-9-5-10-16-26)23-27-17-11-6-12-18-27/h4-18,24,28,31H,19-23H2,1-3H3/t28-,29-/m0/s1. The topological polar surface area (TPSA) is 66.8 Å². The van der Waals surface area contributed by atoms with Crippen LogP contribution in [0.2, 0.25) is 0 Å². The molecule has 0 radical (unpaired) electrons. The first-order chi connectivity index (χ1) is 16.7. The molecule has 0 bridgehead atoms. The summed E-state index contributed by atoms with van der Waals surface area (Å²) in [5.41, 5.74) is 1.61. The third-order valence-corrected chi connectivity index (χ3v) is 6.68. The zero-order chi connectivity index (χ0) is 25.3. The van der Waals surface area contributed by atoms with E-state index in [9.17, 15) is 13.5 Å². The summed E-state index contributed by atoms with van der Waals surface area (Å²) in [6.45, 7) is 4.91. The molecule has 0 aromatic heterocycles. The number of benzene rings is 3. The molecule has 0 fully saturated rings. The molecule has 0 saturated heterocycles. The highest BCUT2D eigenvalue weighted by Gasteiger charge is 2.44. The van der Waals surface area contributed by atoms with Crippen molar-refractivity contribution >= 4 is 10.1 Å². The Bertz CT molecular complexity index is 1080. The van der Waals surface area contributed by atoms with E-state index < -0.39 is 21.9 Å². The van der Waals surface area contributed by atoms with Gasteiger partial charge in [-0.3, -0.25) is 9.08 Å². The first-order valence-electron chi connectivity index (χ1n) is 12.1. The number of aryl methyl sites for hydroxylation is 1. The van der Waals surface area contributed by atoms with Gasteiger partial charge in [0.15, 0.2) is 0 Å². The van der Waals surface area contributed by atoms with E-state index in [0.717, 1.165) is 22.9 Å². The Hall–Kier alpha value is -2.51. The lowest BCUT2D eigenvalue weighted by molar-refractivity contribution is -0.186. The maximum atomic E-state index is 12.5. The van der Waals surface area contributed by atoms with Crippen LogP contribution in [0.5, 0.6) is 0 Å². The second kappa shape index (κ2) is 12.5. The van der Waals surface area contributed by atoms with Crippen LogP contribution in [0.1, 0.15) is 43.4 Å². The molecule has 188 valence electrons. The van der Waals surface area contributed by atoms with Crippen molar-refractivity contribution in [3.8, 4) is 0 Å². The molecule has 0 unspecified atom stereocenters. The summed E-state index contributed by atoms with van der Waals surface area (Å²) in [5.74, 6) is 0.125. The molecule has 5 nitrogen and oxygen atoms in total. The van der Waals surface area contributed by atoms with E-state index in [1.54, 1.807) is 0 Å². The SMILES string of the molecule is CC(C)C[C@H](OS(C)(=O)=O)[C@@](O)(CCc1ccccc1)N(Cc1ccccc1)Cc1ccccc1. The minimum Gasteiger partial charge on any atom is -0.373 e. The van der Waals surface area contributed by atoms with Gasteiger partial charge in [0.2, 0.25) is 0 Å². The van der Waals surface area contributed by atoms with Crippen LogP contribution in [-0.2, 0) is 33.8 Å². The van der Waals surface area contributed by atoms with E-state index in [2.05, 4.69) is 0 Å². The quantitative estimate of drug-likeness (QED) is 0.254. The predicted octanol–water partition coefficient (Wildman–Crippen LogP) is 5.40. The summed E-state index contributed by atoms with van der Waals surface area (Å²) in [6, 6.07) is 29.8. The molecule has 0 saturated carbocycles. The Kier molecular flexibility index (Phi) is 9.63. The number of rotatable bonds is 13. The molecule has 2 atom stereocenters. The van der Waals surface area contributed by atoms with Crippen molar-refractivity contribution in [1.29, 1.82) is 0 Å². The summed E-state index contributed by atoms with van der Waals surface area (Å²) < 4.78 is 30.3. The van der Waals surface area contributed by atoms with Crippen molar-refractivity contribution in [2.45, 2.75) is 58.0 Å². The Morgan fingerprint density at radius 3 is 1.63 bits per heavy atom. The van der Waals surface area contributed by atoms with Crippen molar-refractivity contribution in [2.24, 2.45) is 5.92 Å². The largest absolute Gasteiger partial charge is 0.373 e. The molecule has 3 aromatic carbocycles. The highest BCUT2D eigenvalue weighted by Crippen LogP contribution is 2.33. The van der Waals surface area contributed by atoms with Crippen molar-refractivity contribution in [2.75, 3.05) is 6.26 Å². The maximum Gasteiger partial charge on any atom is 0.264 e. The average Bonchev–Trinajstić information content (AvgIpc) is 2.82. The van der Waals surface area contributed by atoms with Crippen LogP contribution >= 0.6 is 0 Å². The fourth-order valence-corrected chi connectivity index (χ4v) is 5.03. The third kappa shape index (κ3) is 8.58. The maximum absolute atomic E-state index is 12.5. The monoisotopic (exact) mass is 495 g/mol. The second-order valence-electron chi connectivity index (χ2n) is 9.61. The van der Waals surface area contributed by atoms with Crippen molar-refractivity contribution < 1.29 is 17.7 Å². The van der Waals surface area contributed by atoms with Gasteiger partial charge in [-0.15, -0.1) is 0 Å². The van der Waals surface area contributed by atoms with E-state index in [-0.39, 0.29) is 5.92 Å². The highest BCUT2D eigenvalue weighted by molar-refractivity contribution is 7.86. The van der Waals surface area contributed by atoms with Crippen LogP contribution in [0.15, 0.2) is 91.0 Å². The van der Waals surface area contributed by atoms with E-state index in [4.69, 9.17) is 4.18 Å². The molecule has 0 amide bonds. The number of nitrogens with zero attached hydrogens (tertiary/aromatic N) is 1. The van der Waals surface area contributed by atoms with Crippen molar-refractivity contribution in [1.82, 2.24) is 4.90 Å². The Balaban J connectivity index is 2.06. The van der Waals surface area contributed by atoms with Gasteiger partial charge in [0.25, 0.3) is 10.1 Å². The van der Waals surface area contributed by atoms with Gasteiger partial charge < -0.3 is 5.11 Å². The van der Waals surface area contributed by atoms with Crippen molar-refractivity contribution in [3.63, 3.8) is 0 Å². The fraction of sp³-hybridized carbons (Fsp3) is 0.379. The lowest BCUT2D eigenvalue weighted by Gasteiger charge is -2.45. The van der Waals surface area contributed by atoms with Crippen LogP contribution < -0.4 is 0 Å². The van der Waals surface area contributed by atoms with Crippen LogP contribution in [0, 0.1) is 5.92 Å². The van der Waals surface area contributed by atoms with E-state index in [0.29, 0.717) is 32.4 Å². The van der Waals surface area contributed by atoms with Gasteiger partial charge in [-0.2, -0.15) is 8.42 Å². The summed E-state index contributed by atoms with van der Waals surface area (Å²) in [6.07, 6.45) is 1.44. The summed E-state index contributed by atoms with van der Waals surface area (Å²) in [5, 5.41) is 12.5. The van der Waals surface area contributed by atoms with Gasteiger partial charge in [-0.1, -0.05) is 105 Å². The van der Waals surface area contributed by atoms with Gasteiger partial charge in [0.05, 0.1) is 6.26 Å². The molecule has 0 aliphatic carbocycles. The van der Waals surface area contributed by atoms with Crippen LogP contribution in [0.3, 0.4) is 0 Å². The molecule has 6 heteroatoms.